The first-order chi connectivity index (χ1) is 10.5. The molecule has 22 heavy (non-hydrogen) atoms. The average molecular weight is 331 g/mol. The number of hydrogen-bond donors (Lipinski definition) is 1. The minimum absolute atomic E-state index is 0.141. The number of rotatable bonds is 6. The predicted octanol–water partition coefficient (Wildman–Crippen LogP) is 2.24. The van der Waals surface area contributed by atoms with Crippen molar-refractivity contribution in [2.24, 2.45) is 0 Å². The lowest BCUT2D eigenvalue weighted by Crippen LogP contribution is -2.45. The van der Waals surface area contributed by atoms with Crippen molar-refractivity contribution in [3.05, 3.63) is 29.0 Å². The fraction of sp³-hybridized carbons (Fsp3) is 0.625. The molecule has 0 radical (unpaired) electrons. The molecule has 1 atom stereocenters. The summed E-state index contributed by atoms with van der Waals surface area (Å²) in [4.78, 5) is 4.51. The molecular weight excluding hydrogens is 307 g/mol. The quantitative estimate of drug-likeness (QED) is 0.868. The van der Waals surface area contributed by atoms with Gasteiger partial charge in [0.05, 0.1) is 5.02 Å². The highest BCUT2D eigenvalue weighted by atomic mass is 35.5. The Morgan fingerprint density at radius 1 is 1.45 bits per heavy atom. The second kappa shape index (κ2) is 8.11. The van der Waals surface area contributed by atoms with Crippen LogP contribution < -0.4 is 4.74 Å². The van der Waals surface area contributed by atoms with E-state index in [0.29, 0.717) is 18.3 Å². The zero-order valence-corrected chi connectivity index (χ0v) is 13.9. The lowest BCUT2D eigenvalue weighted by molar-refractivity contribution is 0.0498. The molecule has 124 valence electrons. The molecule has 1 aromatic rings. The molecule has 1 fully saturated rings. The zero-order chi connectivity index (χ0) is 16.1. The van der Waals surface area contributed by atoms with Gasteiger partial charge in [-0.1, -0.05) is 11.6 Å². The summed E-state index contributed by atoms with van der Waals surface area (Å²) in [6.45, 7) is 2.87. The van der Waals surface area contributed by atoms with E-state index in [2.05, 4.69) is 16.8 Å². The molecule has 0 spiro atoms. The number of ether oxygens (including phenoxy) is 1. The van der Waals surface area contributed by atoms with Gasteiger partial charge in [0.2, 0.25) is 0 Å². The van der Waals surface area contributed by atoms with Gasteiger partial charge in [0, 0.05) is 12.6 Å². The average Bonchev–Trinajstić information content (AvgIpc) is 2.47. The molecule has 0 saturated carbocycles. The number of benzene rings is 1. The molecule has 0 amide bonds. The molecular formula is C16H24ClFN2O2. The third-order valence-corrected chi connectivity index (χ3v) is 4.43. The Bertz CT molecular complexity index is 481. The van der Waals surface area contributed by atoms with Gasteiger partial charge in [-0.2, -0.15) is 0 Å². The zero-order valence-electron chi connectivity index (χ0n) is 13.1. The molecule has 1 aromatic carbocycles. The van der Waals surface area contributed by atoms with Crippen molar-refractivity contribution in [2.75, 3.05) is 40.3 Å². The second-order valence-electron chi connectivity index (χ2n) is 6.01. The van der Waals surface area contributed by atoms with Crippen molar-refractivity contribution in [3.8, 4) is 5.75 Å². The number of piperidine rings is 1. The van der Waals surface area contributed by atoms with Crippen LogP contribution in [0.25, 0.3) is 0 Å². The normalized spacial score (nSPS) is 18.6. The Balaban J connectivity index is 1.76. The maximum atomic E-state index is 13.0. The van der Waals surface area contributed by atoms with Crippen molar-refractivity contribution < 1.29 is 14.2 Å². The van der Waals surface area contributed by atoms with E-state index in [1.807, 2.05) is 7.05 Å². The molecule has 1 saturated heterocycles. The highest BCUT2D eigenvalue weighted by Crippen LogP contribution is 2.25. The number of likely N-dealkylation sites (N-methyl/N-ethyl adjacent to an activating group) is 1. The van der Waals surface area contributed by atoms with Gasteiger partial charge in [0.1, 0.15) is 24.3 Å². The summed E-state index contributed by atoms with van der Waals surface area (Å²) in [5, 5.41) is 10.3. The van der Waals surface area contributed by atoms with Crippen LogP contribution in [0.1, 0.15) is 12.8 Å². The van der Waals surface area contributed by atoms with E-state index in [4.69, 9.17) is 16.3 Å². The van der Waals surface area contributed by atoms with E-state index in [9.17, 15) is 9.50 Å². The fourth-order valence-corrected chi connectivity index (χ4v) is 2.97. The molecule has 2 rings (SSSR count). The van der Waals surface area contributed by atoms with Crippen LogP contribution in [-0.4, -0.2) is 67.4 Å². The highest BCUT2D eigenvalue weighted by Gasteiger charge is 2.22. The third kappa shape index (κ3) is 5.09. The van der Waals surface area contributed by atoms with Crippen molar-refractivity contribution >= 4 is 11.6 Å². The summed E-state index contributed by atoms with van der Waals surface area (Å²) < 4.78 is 18.4. The molecule has 1 N–H and O–H groups in total. The molecule has 1 aliphatic heterocycles. The minimum atomic E-state index is -0.606. The smallest absolute Gasteiger partial charge is 0.138 e. The van der Waals surface area contributed by atoms with Gasteiger partial charge in [-0.15, -0.1) is 0 Å². The van der Waals surface area contributed by atoms with Crippen LogP contribution in [0, 0.1) is 5.82 Å². The van der Waals surface area contributed by atoms with Crippen LogP contribution in [0.2, 0.25) is 5.02 Å². The van der Waals surface area contributed by atoms with Gasteiger partial charge < -0.3 is 19.6 Å². The van der Waals surface area contributed by atoms with E-state index in [0.717, 1.165) is 25.9 Å². The van der Waals surface area contributed by atoms with Crippen molar-refractivity contribution in [3.63, 3.8) is 0 Å². The standard InChI is InChI=1S/C16H24ClFN2O2/c1-19-7-5-13(6-8-19)20(2)10-14(21)11-22-16-4-3-12(18)9-15(16)17/h3-4,9,13-14,21H,5-8,10-11H2,1-2H3. The molecule has 0 aromatic heterocycles. The highest BCUT2D eigenvalue weighted by molar-refractivity contribution is 6.32. The number of halogens is 2. The van der Waals surface area contributed by atoms with Crippen molar-refractivity contribution in [1.82, 2.24) is 9.80 Å². The number of nitrogens with zero attached hydrogens (tertiary/aromatic N) is 2. The number of aliphatic hydroxyl groups is 1. The summed E-state index contributed by atoms with van der Waals surface area (Å²) in [7, 11) is 4.16. The van der Waals surface area contributed by atoms with Gasteiger partial charge in [-0.25, -0.2) is 4.39 Å². The first-order valence-corrected chi connectivity index (χ1v) is 7.98. The molecule has 6 heteroatoms. The minimum Gasteiger partial charge on any atom is -0.489 e. The van der Waals surface area contributed by atoms with Crippen LogP contribution in [0.15, 0.2) is 18.2 Å². The van der Waals surface area contributed by atoms with Crippen LogP contribution in [0.3, 0.4) is 0 Å². The second-order valence-corrected chi connectivity index (χ2v) is 6.42. The Hall–Kier alpha value is -0.880. The summed E-state index contributed by atoms with van der Waals surface area (Å²) in [5.74, 6) is -0.0102. The topological polar surface area (TPSA) is 35.9 Å². The Labute approximate surface area is 136 Å². The number of likely N-dealkylation sites (tertiary alicyclic amines) is 1. The van der Waals surface area contributed by atoms with Gasteiger partial charge >= 0.3 is 0 Å². The molecule has 0 aliphatic carbocycles. The molecule has 1 unspecified atom stereocenters. The summed E-state index contributed by atoms with van der Waals surface area (Å²) in [6.07, 6.45) is 1.63. The van der Waals surface area contributed by atoms with E-state index in [1.54, 1.807) is 0 Å². The lowest BCUT2D eigenvalue weighted by Gasteiger charge is -2.35. The van der Waals surface area contributed by atoms with E-state index in [1.165, 1.54) is 18.2 Å². The predicted molar refractivity (Wildman–Crippen MR) is 86.1 cm³/mol. The Morgan fingerprint density at radius 3 is 2.77 bits per heavy atom. The van der Waals surface area contributed by atoms with Crippen molar-refractivity contribution in [2.45, 2.75) is 25.0 Å². The van der Waals surface area contributed by atoms with Gasteiger partial charge in [0.25, 0.3) is 0 Å². The van der Waals surface area contributed by atoms with Gasteiger partial charge in [-0.05, 0) is 58.2 Å². The molecule has 0 bridgehead atoms. The van der Waals surface area contributed by atoms with Crippen LogP contribution in [0.5, 0.6) is 5.75 Å². The Morgan fingerprint density at radius 2 is 2.14 bits per heavy atom. The van der Waals surface area contributed by atoms with E-state index >= 15 is 0 Å². The maximum Gasteiger partial charge on any atom is 0.138 e. The first-order valence-electron chi connectivity index (χ1n) is 7.60. The summed E-state index contributed by atoms with van der Waals surface area (Å²) in [5.41, 5.74) is 0. The van der Waals surface area contributed by atoms with Crippen molar-refractivity contribution in [1.29, 1.82) is 0 Å². The number of aliphatic hydroxyl groups excluding tert-OH is 1. The largest absolute Gasteiger partial charge is 0.489 e. The van der Waals surface area contributed by atoms with Crippen LogP contribution in [-0.2, 0) is 0 Å². The van der Waals surface area contributed by atoms with E-state index < -0.39 is 11.9 Å². The SMILES string of the molecule is CN1CCC(N(C)CC(O)COc2ccc(F)cc2Cl)CC1. The first kappa shape index (κ1) is 17.5. The molecule has 1 aliphatic rings. The fourth-order valence-electron chi connectivity index (χ4n) is 2.75. The summed E-state index contributed by atoms with van der Waals surface area (Å²) >= 11 is 5.89. The summed E-state index contributed by atoms with van der Waals surface area (Å²) in [6, 6.07) is 4.47. The lowest BCUT2D eigenvalue weighted by atomic mass is 10.0. The molecule has 1 heterocycles. The number of hydrogen-bond acceptors (Lipinski definition) is 4. The van der Waals surface area contributed by atoms with Gasteiger partial charge in [0.15, 0.2) is 0 Å². The molecule has 4 nitrogen and oxygen atoms in total. The van der Waals surface area contributed by atoms with Gasteiger partial charge in [-0.3, -0.25) is 0 Å². The monoisotopic (exact) mass is 330 g/mol. The maximum absolute atomic E-state index is 13.0. The van der Waals surface area contributed by atoms with Crippen LogP contribution in [0.4, 0.5) is 4.39 Å². The third-order valence-electron chi connectivity index (χ3n) is 4.14. The van der Waals surface area contributed by atoms with E-state index in [-0.39, 0.29) is 11.6 Å². The van der Waals surface area contributed by atoms with Crippen LogP contribution >= 0.6 is 11.6 Å². The Kier molecular flexibility index (Phi) is 6.44.